The minimum atomic E-state index is -0.664. The van der Waals surface area contributed by atoms with Gasteiger partial charge in [-0.3, -0.25) is 19.4 Å². The van der Waals surface area contributed by atoms with E-state index in [1.807, 2.05) is 13.8 Å². The second kappa shape index (κ2) is 9.49. The molecule has 0 saturated carbocycles. The fourth-order valence-corrected chi connectivity index (χ4v) is 3.65. The highest BCUT2D eigenvalue weighted by molar-refractivity contribution is 5.81. The van der Waals surface area contributed by atoms with Crippen LogP contribution in [0.4, 0.5) is 0 Å². The highest BCUT2D eigenvalue weighted by Crippen LogP contribution is 2.21. The molecule has 6 heteroatoms. The van der Waals surface area contributed by atoms with E-state index >= 15 is 0 Å². The van der Waals surface area contributed by atoms with Gasteiger partial charge in [0.25, 0.3) is 0 Å². The molecule has 0 bridgehead atoms. The topological polar surface area (TPSA) is 81.1 Å². The largest absolute Gasteiger partial charge is 0.480 e. The Morgan fingerprint density at radius 1 is 1.00 bits per heavy atom. The number of aliphatic hydroxyl groups is 1. The maximum Gasteiger partial charge on any atom is 0.320 e. The fraction of sp³-hybridized carbons (Fsp3) is 0.889. The van der Waals surface area contributed by atoms with Crippen molar-refractivity contribution in [2.45, 2.75) is 90.6 Å². The normalized spacial score (nSPS) is 28.8. The number of ketones is 1. The average Bonchev–Trinajstić information content (AvgIpc) is 2.90. The number of carbonyl (C=O) groups excluding carboxylic acids is 1. The van der Waals surface area contributed by atoms with E-state index in [1.165, 1.54) is 0 Å². The Morgan fingerprint density at radius 2 is 1.58 bits per heavy atom. The van der Waals surface area contributed by atoms with E-state index in [0.29, 0.717) is 25.0 Å². The Labute approximate surface area is 145 Å². The molecule has 2 saturated heterocycles. The number of likely N-dealkylation sites (tertiary alicyclic amines) is 2. The van der Waals surface area contributed by atoms with Crippen LogP contribution in [-0.2, 0) is 9.59 Å². The number of hydrogen-bond acceptors (Lipinski definition) is 5. The molecular weight excluding hydrogens is 308 g/mol. The van der Waals surface area contributed by atoms with Gasteiger partial charge >= 0.3 is 5.97 Å². The lowest BCUT2D eigenvalue weighted by Gasteiger charge is -2.35. The minimum Gasteiger partial charge on any atom is -0.480 e. The first kappa shape index (κ1) is 21.1. The molecule has 2 N–H and O–H groups in total. The Hall–Kier alpha value is -0.980. The third kappa shape index (κ3) is 5.83. The number of Topliss-reactive ketones (excluding diaryl/α,β-unsaturated/α-hetero) is 1. The number of β-amino-alcohol motifs (C(OH)–C–C–N with tert-alkyl or cyclic N) is 1. The van der Waals surface area contributed by atoms with E-state index in [4.69, 9.17) is 5.11 Å². The molecule has 6 nitrogen and oxygen atoms in total. The first-order chi connectivity index (χ1) is 11.1. The van der Waals surface area contributed by atoms with Gasteiger partial charge in [-0.15, -0.1) is 0 Å². The second-order valence-electron chi connectivity index (χ2n) is 7.49. The molecule has 0 amide bonds. The van der Waals surface area contributed by atoms with E-state index in [0.717, 1.165) is 25.8 Å². The number of carboxylic acid groups (broad SMARTS) is 1. The van der Waals surface area contributed by atoms with Crippen LogP contribution in [0.15, 0.2) is 0 Å². The second-order valence-corrected chi connectivity index (χ2v) is 7.49. The van der Waals surface area contributed by atoms with Crippen LogP contribution in [0.3, 0.4) is 0 Å². The standard InChI is InChI=1S/2C9H17NO2/c1-6(2)10-5-8(12)4-9(10)7(3)11;1-7(2)10-6-4-3-5-8(10)9(11)12/h6,8-9,12H,4-5H2,1-3H3;7-8H,3-6H2,1-2H3,(H,11,12)/t8?,9-;/m0./s1. The van der Waals surface area contributed by atoms with Gasteiger partial charge in [-0.1, -0.05) is 6.42 Å². The van der Waals surface area contributed by atoms with E-state index < -0.39 is 5.97 Å². The summed E-state index contributed by atoms with van der Waals surface area (Å²) in [6, 6.07) is 0.404. The van der Waals surface area contributed by atoms with Crippen molar-refractivity contribution in [3.63, 3.8) is 0 Å². The van der Waals surface area contributed by atoms with Crippen LogP contribution < -0.4 is 0 Å². The van der Waals surface area contributed by atoms with Crippen molar-refractivity contribution >= 4 is 11.8 Å². The lowest BCUT2D eigenvalue weighted by molar-refractivity contribution is -0.145. The molecule has 2 unspecified atom stereocenters. The van der Waals surface area contributed by atoms with Gasteiger partial charge in [0.15, 0.2) is 0 Å². The SMILES string of the molecule is CC(=O)[C@@H]1CC(O)CN1C(C)C.CC(C)N1CCCCC1C(=O)O. The zero-order chi connectivity index (χ0) is 18.4. The maximum absolute atomic E-state index is 11.2. The zero-order valence-corrected chi connectivity index (χ0v) is 15.7. The Morgan fingerprint density at radius 3 is 1.96 bits per heavy atom. The number of carboxylic acids is 1. The third-order valence-corrected chi connectivity index (χ3v) is 4.94. The zero-order valence-electron chi connectivity index (χ0n) is 15.7. The number of aliphatic hydroxyl groups excluding tert-OH is 1. The molecule has 0 spiro atoms. The van der Waals surface area contributed by atoms with E-state index in [1.54, 1.807) is 6.92 Å². The molecule has 3 atom stereocenters. The Kier molecular flexibility index (Phi) is 8.33. The molecule has 0 aliphatic carbocycles. The quantitative estimate of drug-likeness (QED) is 0.810. The van der Waals surface area contributed by atoms with Crippen LogP contribution in [0, 0.1) is 0 Å². The van der Waals surface area contributed by atoms with Gasteiger partial charge < -0.3 is 10.2 Å². The summed E-state index contributed by atoms with van der Waals surface area (Å²) in [7, 11) is 0. The first-order valence-corrected chi connectivity index (χ1v) is 9.08. The monoisotopic (exact) mass is 342 g/mol. The predicted octanol–water partition coefficient (Wildman–Crippen LogP) is 1.75. The first-order valence-electron chi connectivity index (χ1n) is 9.08. The number of carbonyl (C=O) groups is 2. The van der Waals surface area contributed by atoms with Gasteiger partial charge in [0.2, 0.25) is 0 Å². The van der Waals surface area contributed by atoms with Crippen molar-refractivity contribution in [3.8, 4) is 0 Å². The summed E-state index contributed by atoms with van der Waals surface area (Å²) < 4.78 is 0. The van der Waals surface area contributed by atoms with Crippen molar-refractivity contribution in [1.82, 2.24) is 9.80 Å². The molecule has 2 aliphatic rings. The molecule has 0 aromatic carbocycles. The molecule has 24 heavy (non-hydrogen) atoms. The van der Waals surface area contributed by atoms with Gasteiger partial charge in [-0.05, 0) is 60.4 Å². The van der Waals surface area contributed by atoms with Gasteiger partial charge in [-0.2, -0.15) is 0 Å². The van der Waals surface area contributed by atoms with Crippen LogP contribution in [0.2, 0.25) is 0 Å². The summed E-state index contributed by atoms with van der Waals surface area (Å²) in [5.41, 5.74) is 0. The molecule has 2 rings (SSSR count). The van der Waals surface area contributed by atoms with Crippen LogP contribution in [0.5, 0.6) is 0 Å². The third-order valence-electron chi connectivity index (χ3n) is 4.94. The fourth-order valence-electron chi connectivity index (χ4n) is 3.65. The predicted molar refractivity (Wildman–Crippen MR) is 94.1 cm³/mol. The lowest BCUT2D eigenvalue weighted by Crippen LogP contribution is -2.48. The van der Waals surface area contributed by atoms with Crippen molar-refractivity contribution in [2.24, 2.45) is 0 Å². The van der Waals surface area contributed by atoms with E-state index in [9.17, 15) is 14.7 Å². The van der Waals surface area contributed by atoms with Gasteiger partial charge in [0.1, 0.15) is 11.8 Å². The summed E-state index contributed by atoms with van der Waals surface area (Å²) in [4.78, 5) is 26.1. The number of rotatable bonds is 4. The Bertz CT molecular complexity index is 403. The molecule has 0 aromatic heterocycles. The Balaban J connectivity index is 0.000000240. The molecule has 0 radical (unpaired) electrons. The van der Waals surface area contributed by atoms with Gasteiger partial charge in [0, 0.05) is 18.6 Å². The summed E-state index contributed by atoms with van der Waals surface area (Å²) in [5, 5.41) is 18.3. The molecule has 2 aliphatic heterocycles. The minimum absolute atomic E-state index is 0.0556. The van der Waals surface area contributed by atoms with Crippen LogP contribution in [0.25, 0.3) is 0 Å². The summed E-state index contributed by atoms with van der Waals surface area (Å²) in [6.07, 6.45) is 3.30. The smallest absolute Gasteiger partial charge is 0.320 e. The molecule has 2 heterocycles. The summed E-state index contributed by atoms with van der Waals surface area (Å²) >= 11 is 0. The highest BCUT2D eigenvalue weighted by Gasteiger charge is 2.35. The molecule has 2 fully saturated rings. The number of piperidine rings is 1. The van der Waals surface area contributed by atoms with Gasteiger partial charge in [-0.25, -0.2) is 0 Å². The molecular formula is C18H34N2O4. The number of nitrogens with zero attached hydrogens (tertiary/aromatic N) is 2. The number of hydrogen-bond donors (Lipinski definition) is 2. The van der Waals surface area contributed by atoms with Crippen LogP contribution in [0.1, 0.15) is 60.3 Å². The average molecular weight is 342 g/mol. The van der Waals surface area contributed by atoms with E-state index in [2.05, 4.69) is 23.6 Å². The van der Waals surface area contributed by atoms with Crippen LogP contribution >= 0.6 is 0 Å². The van der Waals surface area contributed by atoms with Crippen molar-refractivity contribution in [1.29, 1.82) is 0 Å². The maximum atomic E-state index is 11.2. The van der Waals surface area contributed by atoms with E-state index in [-0.39, 0.29) is 24.0 Å². The molecule has 0 aromatic rings. The molecule has 140 valence electrons. The summed E-state index contributed by atoms with van der Waals surface area (Å²) in [6.45, 7) is 11.4. The van der Waals surface area contributed by atoms with Crippen LogP contribution in [-0.4, -0.2) is 75.1 Å². The summed E-state index contributed by atoms with van der Waals surface area (Å²) in [5.74, 6) is -0.497. The van der Waals surface area contributed by atoms with Crippen molar-refractivity contribution in [2.75, 3.05) is 13.1 Å². The van der Waals surface area contributed by atoms with Crippen molar-refractivity contribution in [3.05, 3.63) is 0 Å². The lowest BCUT2D eigenvalue weighted by atomic mass is 10.0. The van der Waals surface area contributed by atoms with Crippen molar-refractivity contribution < 1.29 is 19.8 Å². The highest BCUT2D eigenvalue weighted by atomic mass is 16.4. The number of aliphatic carboxylic acids is 1. The van der Waals surface area contributed by atoms with Gasteiger partial charge in [0.05, 0.1) is 12.1 Å².